The van der Waals surface area contributed by atoms with Crippen LogP contribution in [0, 0.1) is 3.57 Å². The van der Waals surface area contributed by atoms with Crippen molar-refractivity contribution < 1.29 is 0 Å². The van der Waals surface area contributed by atoms with Crippen LogP contribution in [-0.2, 0) is 6.54 Å². The maximum absolute atomic E-state index is 5.73. The number of imidazole rings is 1. The van der Waals surface area contributed by atoms with Gasteiger partial charge in [0.25, 0.3) is 0 Å². The highest BCUT2D eigenvalue weighted by molar-refractivity contribution is 14.1. The molecule has 2 heterocycles. The highest BCUT2D eigenvalue weighted by atomic mass is 127. The second-order valence-corrected chi connectivity index (χ2v) is 4.15. The van der Waals surface area contributed by atoms with Gasteiger partial charge in [0, 0.05) is 12.7 Å². The van der Waals surface area contributed by atoms with E-state index in [4.69, 9.17) is 5.73 Å². The molecule has 0 fully saturated rings. The quantitative estimate of drug-likeness (QED) is 0.854. The van der Waals surface area contributed by atoms with Gasteiger partial charge in [0.15, 0.2) is 5.82 Å². The van der Waals surface area contributed by atoms with Gasteiger partial charge in [-0.25, -0.2) is 15.0 Å². The molecule has 0 aliphatic carbocycles. The number of anilines is 1. The zero-order chi connectivity index (χ0) is 10.8. The number of aryl methyl sites for hydroxylation is 1. The van der Waals surface area contributed by atoms with Gasteiger partial charge in [-0.3, -0.25) is 0 Å². The number of rotatable bonds is 2. The van der Waals surface area contributed by atoms with Crippen LogP contribution in [0.2, 0.25) is 0 Å². The molecule has 2 aromatic rings. The molecule has 0 unspecified atom stereocenters. The van der Waals surface area contributed by atoms with Crippen LogP contribution in [0.5, 0.6) is 0 Å². The molecule has 0 amide bonds. The van der Waals surface area contributed by atoms with E-state index in [1.165, 1.54) is 0 Å². The van der Waals surface area contributed by atoms with Crippen molar-refractivity contribution in [3.63, 3.8) is 0 Å². The molecule has 0 radical (unpaired) electrons. The Hall–Kier alpha value is -1.18. The molecule has 0 aromatic carbocycles. The molecule has 0 bridgehead atoms. The standard InChI is InChI=1S/C9H10IN5/c1-2-15-5-12-4-7(15)9-13-3-6(10)8(11)14-9/h3-5H,2H2,1H3,(H2,11,13,14). The van der Waals surface area contributed by atoms with Crippen LogP contribution in [0.15, 0.2) is 18.7 Å². The first-order valence-corrected chi connectivity index (χ1v) is 5.58. The third kappa shape index (κ3) is 1.94. The second-order valence-electron chi connectivity index (χ2n) is 2.99. The molecule has 0 saturated heterocycles. The fourth-order valence-corrected chi connectivity index (χ4v) is 1.52. The van der Waals surface area contributed by atoms with Gasteiger partial charge in [-0.15, -0.1) is 0 Å². The number of nitrogens with two attached hydrogens (primary N) is 1. The van der Waals surface area contributed by atoms with Crippen LogP contribution < -0.4 is 5.73 Å². The lowest BCUT2D eigenvalue weighted by Crippen LogP contribution is -2.02. The molecule has 2 aromatic heterocycles. The maximum Gasteiger partial charge on any atom is 0.179 e. The zero-order valence-corrected chi connectivity index (χ0v) is 10.3. The number of nitrogens with zero attached hydrogens (tertiary/aromatic N) is 4. The summed E-state index contributed by atoms with van der Waals surface area (Å²) in [5.41, 5.74) is 6.62. The maximum atomic E-state index is 5.73. The molecule has 15 heavy (non-hydrogen) atoms. The number of hydrogen-bond acceptors (Lipinski definition) is 4. The molecular formula is C9H10IN5. The Morgan fingerprint density at radius 1 is 1.47 bits per heavy atom. The molecular weight excluding hydrogens is 305 g/mol. The third-order valence-corrected chi connectivity index (χ3v) is 2.88. The van der Waals surface area contributed by atoms with Crippen LogP contribution in [0.4, 0.5) is 5.82 Å². The summed E-state index contributed by atoms with van der Waals surface area (Å²) in [6.45, 7) is 2.88. The third-order valence-electron chi connectivity index (χ3n) is 2.05. The van der Waals surface area contributed by atoms with E-state index in [0.717, 1.165) is 15.8 Å². The van der Waals surface area contributed by atoms with Gasteiger partial charge in [0.2, 0.25) is 0 Å². The van der Waals surface area contributed by atoms with Crippen molar-refractivity contribution in [1.29, 1.82) is 0 Å². The number of hydrogen-bond donors (Lipinski definition) is 1. The van der Waals surface area contributed by atoms with Gasteiger partial charge >= 0.3 is 0 Å². The summed E-state index contributed by atoms with van der Waals surface area (Å²) in [4.78, 5) is 12.5. The Balaban J connectivity index is 2.50. The minimum Gasteiger partial charge on any atom is -0.383 e. The Morgan fingerprint density at radius 2 is 2.27 bits per heavy atom. The van der Waals surface area contributed by atoms with E-state index in [9.17, 15) is 0 Å². The lowest BCUT2D eigenvalue weighted by Gasteiger charge is -2.04. The highest BCUT2D eigenvalue weighted by Gasteiger charge is 2.08. The minimum atomic E-state index is 0.504. The normalized spacial score (nSPS) is 10.5. The van der Waals surface area contributed by atoms with E-state index < -0.39 is 0 Å². The molecule has 78 valence electrons. The molecule has 0 atom stereocenters. The van der Waals surface area contributed by atoms with Crippen molar-refractivity contribution in [2.24, 2.45) is 0 Å². The topological polar surface area (TPSA) is 69.6 Å². The first-order chi connectivity index (χ1) is 7.22. The Morgan fingerprint density at radius 3 is 2.93 bits per heavy atom. The molecule has 2 N–H and O–H groups in total. The number of aromatic nitrogens is 4. The van der Waals surface area contributed by atoms with Gasteiger partial charge < -0.3 is 10.3 Å². The van der Waals surface area contributed by atoms with E-state index in [1.807, 2.05) is 11.5 Å². The van der Waals surface area contributed by atoms with Gasteiger partial charge in [-0.05, 0) is 29.5 Å². The Labute approximate surface area is 101 Å². The van der Waals surface area contributed by atoms with Gasteiger partial charge in [-0.2, -0.15) is 0 Å². The Bertz CT molecular complexity index is 479. The predicted molar refractivity (Wildman–Crippen MR) is 66.1 cm³/mol. The van der Waals surface area contributed by atoms with Gasteiger partial charge in [0.1, 0.15) is 11.5 Å². The first kappa shape index (κ1) is 10.3. The van der Waals surface area contributed by atoms with E-state index >= 15 is 0 Å². The van der Waals surface area contributed by atoms with Gasteiger partial charge in [-0.1, -0.05) is 0 Å². The summed E-state index contributed by atoms with van der Waals surface area (Å²) >= 11 is 2.10. The highest BCUT2D eigenvalue weighted by Crippen LogP contribution is 2.18. The lowest BCUT2D eigenvalue weighted by molar-refractivity contribution is 0.763. The molecule has 6 heteroatoms. The second kappa shape index (κ2) is 4.13. The number of nitrogen functional groups attached to an aromatic ring is 1. The molecule has 0 saturated carbocycles. The van der Waals surface area contributed by atoms with E-state index in [2.05, 4.69) is 37.5 Å². The van der Waals surface area contributed by atoms with Crippen molar-refractivity contribution >= 4 is 28.4 Å². The Kier molecular flexibility index (Phi) is 2.85. The summed E-state index contributed by atoms with van der Waals surface area (Å²) in [5, 5.41) is 0. The summed E-state index contributed by atoms with van der Waals surface area (Å²) in [7, 11) is 0. The summed E-state index contributed by atoms with van der Waals surface area (Å²) in [5.74, 6) is 1.12. The van der Waals surface area contributed by atoms with E-state index in [-0.39, 0.29) is 0 Å². The fraction of sp³-hybridized carbons (Fsp3) is 0.222. The molecule has 0 spiro atoms. The summed E-state index contributed by atoms with van der Waals surface area (Å²) in [6, 6.07) is 0. The number of halogens is 1. The van der Waals surface area contributed by atoms with Crippen LogP contribution in [-0.4, -0.2) is 19.5 Å². The van der Waals surface area contributed by atoms with E-state index in [1.54, 1.807) is 18.7 Å². The smallest absolute Gasteiger partial charge is 0.179 e. The van der Waals surface area contributed by atoms with Crippen molar-refractivity contribution in [2.75, 3.05) is 5.73 Å². The molecule has 0 aliphatic rings. The zero-order valence-electron chi connectivity index (χ0n) is 8.18. The largest absolute Gasteiger partial charge is 0.383 e. The molecule has 2 rings (SSSR count). The molecule has 0 aliphatic heterocycles. The average molecular weight is 315 g/mol. The molecule has 5 nitrogen and oxygen atoms in total. The lowest BCUT2D eigenvalue weighted by atomic mass is 10.4. The average Bonchev–Trinajstić information content (AvgIpc) is 2.70. The van der Waals surface area contributed by atoms with Crippen LogP contribution in [0.3, 0.4) is 0 Å². The van der Waals surface area contributed by atoms with Crippen LogP contribution in [0.25, 0.3) is 11.5 Å². The first-order valence-electron chi connectivity index (χ1n) is 4.51. The van der Waals surface area contributed by atoms with Gasteiger partial charge in [0.05, 0.1) is 16.1 Å². The van der Waals surface area contributed by atoms with Crippen molar-refractivity contribution in [2.45, 2.75) is 13.5 Å². The van der Waals surface area contributed by atoms with Crippen LogP contribution in [0.1, 0.15) is 6.92 Å². The minimum absolute atomic E-state index is 0.504. The summed E-state index contributed by atoms with van der Waals surface area (Å²) < 4.78 is 2.83. The van der Waals surface area contributed by atoms with Crippen molar-refractivity contribution in [3.8, 4) is 11.5 Å². The summed E-state index contributed by atoms with van der Waals surface area (Å²) in [6.07, 6.45) is 5.21. The van der Waals surface area contributed by atoms with E-state index in [0.29, 0.717) is 11.6 Å². The fourth-order valence-electron chi connectivity index (χ4n) is 1.26. The monoisotopic (exact) mass is 315 g/mol. The SMILES string of the molecule is CCn1cncc1-c1ncc(I)c(N)n1. The predicted octanol–water partition coefficient (Wildman–Crippen LogP) is 1.55. The van der Waals surface area contributed by atoms with Crippen molar-refractivity contribution in [3.05, 3.63) is 22.3 Å². The van der Waals surface area contributed by atoms with Crippen LogP contribution >= 0.6 is 22.6 Å². The van der Waals surface area contributed by atoms with Crippen molar-refractivity contribution in [1.82, 2.24) is 19.5 Å².